The summed E-state index contributed by atoms with van der Waals surface area (Å²) >= 11 is 0. The first kappa shape index (κ1) is 16.7. The average molecular weight is 337 g/mol. The van der Waals surface area contributed by atoms with Crippen molar-refractivity contribution in [2.75, 3.05) is 7.11 Å². The van der Waals surface area contributed by atoms with Crippen molar-refractivity contribution in [2.24, 2.45) is 0 Å². The predicted molar refractivity (Wildman–Crippen MR) is 95.8 cm³/mol. The van der Waals surface area contributed by atoms with Gasteiger partial charge in [-0.2, -0.15) is 0 Å². The molecule has 3 aromatic rings. The Morgan fingerprint density at radius 2 is 1.96 bits per heavy atom. The van der Waals surface area contributed by atoms with Crippen molar-refractivity contribution < 1.29 is 9.53 Å². The molecule has 1 N–H and O–H groups in total. The Bertz CT molecular complexity index is 965. The standard InChI is InChI=1S/C19H19N3O3/c1-3-22-17(18(23)21-12-13-6-8-20-9-7-13)11-14-10-15(25-2)4-5-16(14)19(22)24/h4-11H,3,12H2,1-2H3,(H,21,23). The van der Waals surface area contributed by atoms with Gasteiger partial charge in [-0.25, -0.2) is 0 Å². The number of hydrogen-bond donors (Lipinski definition) is 1. The van der Waals surface area contributed by atoms with Crippen LogP contribution in [0.5, 0.6) is 5.75 Å². The first-order valence-corrected chi connectivity index (χ1v) is 8.02. The maximum absolute atomic E-state index is 12.7. The second kappa shape index (κ2) is 7.17. The number of aromatic nitrogens is 2. The quantitative estimate of drug-likeness (QED) is 0.776. The van der Waals surface area contributed by atoms with E-state index in [1.54, 1.807) is 43.8 Å². The fraction of sp³-hybridized carbons (Fsp3) is 0.211. The molecule has 0 aliphatic carbocycles. The number of pyridine rings is 2. The number of nitrogens with one attached hydrogen (secondary N) is 1. The van der Waals surface area contributed by atoms with Crippen LogP contribution in [0.1, 0.15) is 23.0 Å². The number of methoxy groups -OCH3 is 1. The van der Waals surface area contributed by atoms with Crippen molar-refractivity contribution in [1.82, 2.24) is 14.9 Å². The van der Waals surface area contributed by atoms with Crippen molar-refractivity contribution in [3.8, 4) is 5.75 Å². The van der Waals surface area contributed by atoms with Gasteiger partial charge in [-0.05, 0) is 54.3 Å². The van der Waals surface area contributed by atoms with Crippen LogP contribution in [0.25, 0.3) is 10.8 Å². The van der Waals surface area contributed by atoms with E-state index in [0.29, 0.717) is 35.3 Å². The van der Waals surface area contributed by atoms with Gasteiger partial charge in [0.25, 0.3) is 11.5 Å². The summed E-state index contributed by atoms with van der Waals surface area (Å²) in [5.74, 6) is 0.352. The third-order valence-electron chi connectivity index (χ3n) is 4.07. The van der Waals surface area contributed by atoms with Crippen molar-refractivity contribution in [1.29, 1.82) is 0 Å². The van der Waals surface area contributed by atoms with Crippen molar-refractivity contribution >= 4 is 16.7 Å². The zero-order valence-corrected chi connectivity index (χ0v) is 14.2. The van der Waals surface area contributed by atoms with Gasteiger partial charge in [-0.3, -0.25) is 14.6 Å². The lowest BCUT2D eigenvalue weighted by atomic mass is 10.1. The zero-order chi connectivity index (χ0) is 17.8. The zero-order valence-electron chi connectivity index (χ0n) is 14.2. The van der Waals surface area contributed by atoms with Gasteiger partial charge in [0.05, 0.1) is 7.11 Å². The number of fused-ring (bicyclic) bond motifs is 1. The smallest absolute Gasteiger partial charge is 0.268 e. The highest BCUT2D eigenvalue weighted by molar-refractivity contribution is 5.97. The topological polar surface area (TPSA) is 73.2 Å². The van der Waals surface area contributed by atoms with Crippen LogP contribution in [0.4, 0.5) is 0 Å². The van der Waals surface area contributed by atoms with Crippen LogP contribution in [0.2, 0.25) is 0 Å². The summed E-state index contributed by atoms with van der Waals surface area (Å²) in [5, 5.41) is 4.10. The Labute approximate surface area is 145 Å². The summed E-state index contributed by atoms with van der Waals surface area (Å²) in [6.45, 7) is 2.63. The molecule has 128 valence electrons. The molecule has 0 aliphatic heterocycles. The highest BCUT2D eigenvalue weighted by Crippen LogP contribution is 2.19. The third kappa shape index (κ3) is 3.38. The molecule has 0 fully saturated rings. The van der Waals surface area contributed by atoms with Crippen molar-refractivity contribution in [3.05, 3.63) is 70.4 Å². The fourth-order valence-corrected chi connectivity index (χ4v) is 2.74. The van der Waals surface area contributed by atoms with E-state index in [-0.39, 0.29) is 11.5 Å². The highest BCUT2D eigenvalue weighted by atomic mass is 16.5. The van der Waals surface area contributed by atoms with Gasteiger partial charge in [0, 0.05) is 30.9 Å². The van der Waals surface area contributed by atoms with Crippen LogP contribution in [-0.2, 0) is 13.1 Å². The molecule has 6 nitrogen and oxygen atoms in total. The van der Waals surface area contributed by atoms with Gasteiger partial charge in [0.2, 0.25) is 0 Å². The maximum Gasteiger partial charge on any atom is 0.268 e. The van der Waals surface area contributed by atoms with Gasteiger partial charge in [0.15, 0.2) is 0 Å². The Kier molecular flexibility index (Phi) is 4.79. The molecular formula is C19H19N3O3. The molecule has 0 bridgehead atoms. The van der Waals surface area contributed by atoms with E-state index < -0.39 is 0 Å². The third-order valence-corrected chi connectivity index (χ3v) is 4.07. The van der Waals surface area contributed by atoms with Crippen molar-refractivity contribution in [2.45, 2.75) is 20.0 Å². The fourth-order valence-electron chi connectivity index (χ4n) is 2.74. The molecule has 0 saturated heterocycles. The van der Waals surface area contributed by atoms with Crippen LogP contribution in [0.3, 0.4) is 0 Å². The molecule has 0 radical (unpaired) electrons. The lowest BCUT2D eigenvalue weighted by Crippen LogP contribution is -2.31. The molecular weight excluding hydrogens is 318 g/mol. The lowest BCUT2D eigenvalue weighted by molar-refractivity contribution is 0.0940. The number of carbonyl (C=O) groups excluding carboxylic acids is 1. The van der Waals surface area contributed by atoms with Gasteiger partial charge in [-0.15, -0.1) is 0 Å². The van der Waals surface area contributed by atoms with E-state index >= 15 is 0 Å². The van der Waals surface area contributed by atoms with Crippen LogP contribution in [-0.4, -0.2) is 22.6 Å². The van der Waals surface area contributed by atoms with E-state index in [2.05, 4.69) is 10.3 Å². The Morgan fingerprint density at radius 1 is 1.20 bits per heavy atom. The lowest BCUT2D eigenvalue weighted by Gasteiger charge is -2.13. The molecule has 1 aromatic carbocycles. The summed E-state index contributed by atoms with van der Waals surface area (Å²) in [5.41, 5.74) is 1.09. The maximum atomic E-state index is 12.7. The van der Waals surface area contributed by atoms with Gasteiger partial charge < -0.3 is 14.6 Å². The SMILES string of the molecule is CCn1c(C(=O)NCc2ccncc2)cc2cc(OC)ccc2c1=O. The van der Waals surface area contributed by atoms with E-state index in [1.165, 1.54) is 4.57 Å². The summed E-state index contributed by atoms with van der Waals surface area (Å²) in [4.78, 5) is 29.3. The summed E-state index contributed by atoms with van der Waals surface area (Å²) in [7, 11) is 1.57. The van der Waals surface area contributed by atoms with Crippen LogP contribution in [0.15, 0.2) is 53.6 Å². The largest absolute Gasteiger partial charge is 0.497 e. The molecule has 2 aromatic heterocycles. The Morgan fingerprint density at radius 3 is 2.64 bits per heavy atom. The summed E-state index contributed by atoms with van der Waals surface area (Å²) in [6.07, 6.45) is 3.34. The molecule has 3 rings (SSSR count). The average Bonchev–Trinajstić information content (AvgIpc) is 2.66. The number of rotatable bonds is 5. The summed E-state index contributed by atoms with van der Waals surface area (Å²) in [6, 6.07) is 10.6. The predicted octanol–water partition coefficient (Wildman–Crippen LogP) is 2.36. The molecule has 2 heterocycles. The van der Waals surface area contributed by atoms with E-state index in [0.717, 1.165) is 5.56 Å². The Hall–Kier alpha value is -3.15. The number of ether oxygens (including phenoxy) is 1. The van der Waals surface area contributed by atoms with Gasteiger partial charge >= 0.3 is 0 Å². The second-order valence-corrected chi connectivity index (χ2v) is 5.57. The minimum Gasteiger partial charge on any atom is -0.497 e. The monoisotopic (exact) mass is 337 g/mol. The number of carbonyl (C=O) groups is 1. The molecule has 0 spiro atoms. The van der Waals surface area contributed by atoms with Crippen LogP contribution < -0.4 is 15.6 Å². The number of nitrogens with zero attached hydrogens (tertiary/aromatic N) is 2. The Balaban J connectivity index is 1.98. The first-order chi connectivity index (χ1) is 12.1. The number of hydrogen-bond acceptors (Lipinski definition) is 4. The van der Waals surface area contributed by atoms with Gasteiger partial charge in [-0.1, -0.05) is 0 Å². The second-order valence-electron chi connectivity index (χ2n) is 5.57. The summed E-state index contributed by atoms with van der Waals surface area (Å²) < 4.78 is 6.69. The molecule has 25 heavy (non-hydrogen) atoms. The molecule has 0 unspecified atom stereocenters. The van der Waals surface area contributed by atoms with Crippen LogP contribution >= 0.6 is 0 Å². The molecule has 0 atom stereocenters. The minimum atomic E-state index is -0.291. The first-order valence-electron chi connectivity index (χ1n) is 8.02. The van der Waals surface area contributed by atoms with Gasteiger partial charge in [0.1, 0.15) is 11.4 Å². The molecule has 1 amide bonds. The van der Waals surface area contributed by atoms with Crippen molar-refractivity contribution in [3.63, 3.8) is 0 Å². The van der Waals surface area contributed by atoms with E-state index in [1.807, 2.05) is 19.1 Å². The molecule has 0 saturated carbocycles. The number of benzene rings is 1. The van der Waals surface area contributed by atoms with Crippen LogP contribution in [0, 0.1) is 0 Å². The highest BCUT2D eigenvalue weighted by Gasteiger charge is 2.15. The minimum absolute atomic E-state index is 0.184. The number of amides is 1. The normalized spacial score (nSPS) is 10.6. The molecule has 6 heteroatoms. The van der Waals surface area contributed by atoms with E-state index in [4.69, 9.17) is 4.74 Å². The molecule has 0 aliphatic rings. The van der Waals surface area contributed by atoms with E-state index in [9.17, 15) is 9.59 Å².